The van der Waals surface area contributed by atoms with Crippen molar-refractivity contribution in [1.29, 1.82) is 0 Å². The van der Waals surface area contributed by atoms with Gasteiger partial charge in [-0.05, 0) is 30.3 Å². The zero-order valence-electron chi connectivity index (χ0n) is 19.5. The number of carbonyl (C=O) groups is 1. The minimum Gasteiger partial charge on any atom is -0.497 e. The molecule has 0 bridgehead atoms. The summed E-state index contributed by atoms with van der Waals surface area (Å²) in [6.07, 6.45) is 0.478. The number of methoxy groups -OCH3 is 1. The van der Waals surface area contributed by atoms with E-state index >= 15 is 0 Å². The average Bonchev–Trinajstić information content (AvgIpc) is 3.19. The van der Waals surface area contributed by atoms with Crippen LogP contribution in [0.15, 0.2) is 60.7 Å². The van der Waals surface area contributed by atoms with Crippen molar-refractivity contribution >= 4 is 11.7 Å². The Morgan fingerprint density at radius 3 is 2.61 bits per heavy atom. The molecule has 0 aliphatic carbocycles. The van der Waals surface area contributed by atoms with E-state index in [1.807, 2.05) is 54.4 Å². The molecule has 2 aromatic carbocycles. The number of nitrogens with one attached hydrogen (secondary N) is 1. The highest BCUT2D eigenvalue weighted by molar-refractivity contribution is 5.79. The second kappa shape index (κ2) is 10.4. The third-order valence-corrected chi connectivity index (χ3v) is 5.90. The summed E-state index contributed by atoms with van der Waals surface area (Å²) >= 11 is 0. The van der Waals surface area contributed by atoms with Crippen molar-refractivity contribution in [1.82, 2.24) is 19.8 Å². The van der Waals surface area contributed by atoms with Crippen molar-refractivity contribution in [2.24, 2.45) is 0 Å². The van der Waals surface area contributed by atoms with Crippen LogP contribution in [0, 0.1) is 0 Å². The van der Waals surface area contributed by atoms with E-state index in [4.69, 9.17) is 9.72 Å². The fraction of sp³-hybridized carbons (Fsp3) is 0.346. The Labute approximate surface area is 195 Å². The molecular weight excluding hydrogens is 414 g/mol. The lowest BCUT2D eigenvalue weighted by Crippen LogP contribution is -2.24. The maximum absolute atomic E-state index is 12.7. The van der Waals surface area contributed by atoms with E-state index in [9.17, 15) is 4.79 Å². The topological polar surface area (TPSA) is 70.6 Å². The Balaban J connectivity index is 1.45. The van der Waals surface area contributed by atoms with Crippen LogP contribution >= 0.6 is 0 Å². The van der Waals surface area contributed by atoms with Crippen LogP contribution in [-0.2, 0) is 24.4 Å². The van der Waals surface area contributed by atoms with Crippen LogP contribution in [0.3, 0.4) is 0 Å². The highest BCUT2D eigenvalue weighted by Gasteiger charge is 2.32. The van der Waals surface area contributed by atoms with E-state index in [0.29, 0.717) is 26.1 Å². The summed E-state index contributed by atoms with van der Waals surface area (Å²) in [4.78, 5) is 26.3. The van der Waals surface area contributed by atoms with Crippen molar-refractivity contribution in [3.8, 4) is 5.75 Å². The predicted molar refractivity (Wildman–Crippen MR) is 129 cm³/mol. The van der Waals surface area contributed by atoms with Gasteiger partial charge in [0.15, 0.2) is 0 Å². The smallest absolute Gasteiger partial charge is 0.223 e. The van der Waals surface area contributed by atoms with E-state index in [2.05, 4.69) is 40.4 Å². The minimum absolute atomic E-state index is 0.0683. The number of aromatic nitrogens is 2. The van der Waals surface area contributed by atoms with Gasteiger partial charge in [0.25, 0.3) is 0 Å². The van der Waals surface area contributed by atoms with Crippen molar-refractivity contribution in [2.45, 2.75) is 32.0 Å². The first kappa shape index (κ1) is 22.7. The predicted octanol–water partition coefficient (Wildman–Crippen LogP) is 3.68. The van der Waals surface area contributed by atoms with Gasteiger partial charge in [-0.1, -0.05) is 42.5 Å². The number of anilines is 1. The molecule has 0 saturated carbocycles. The van der Waals surface area contributed by atoms with Crippen LogP contribution in [-0.4, -0.2) is 53.4 Å². The quantitative estimate of drug-likeness (QED) is 0.542. The monoisotopic (exact) mass is 445 g/mol. The van der Waals surface area contributed by atoms with Gasteiger partial charge in [-0.3, -0.25) is 9.69 Å². The number of benzene rings is 2. The minimum atomic E-state index is 0.0683. The first-order chi connectivity index (χ1) is 16.0. The van der Waals surface area contributed by atoms with Gasteiger partial charge in [0.1, 0.15) is 17.4 Å². The van der Waals surface area contributed by atoms with Crippen LogP contribution < -0.4 is 10.1 Å². The molecule has 0 radical (unpaired) electrons. The highest BCUT2D eigenvalue weighted by Crippen LogP contribution is 2.29. The summed E-state index contributed by atoms with van der Waals surface area (Å²) in [5, 5.41) is 3.15. The van der Waals surface area contributed by atoms with Crippen LogP contribution in [0.25, 0.3) is 0 Å². The first-order valence-electron chi connectivity index (χ1n) is 11.2. The van der Waals surface area contributed by atoms with E-state index in [1.54, 1.807) is 7.11 Å². The molecule has 0 unspecified atom stereocenters. The van der Waals surface area contributed by atoms with Gasteiger partial charge in [-0.25, -0.2) is 9.97 Å². The Morgan fingerprint density at radius 1 is 1.06 bits per heavy atom. The highest BCUT2D eigenvalue weighted by atomic mass is 16.5. The average molecular weight is 446 g/mol. The van der Waals surface area contributed by atoms with Gasteiger partial charge in [-0.2, -0.15) is 0 Å². The molecule has 7 nitrogen and oxygen atoms in total. The molecule has 7 heteroatoms. The molecule has 1 fully saturated rings. The summed E-state index contributed by atoms with van der Waals surface area (Å²) in [6.45, 7) is 2.67. The zero-order valence-corrected chi connectivity index (χ0v) is 19.5. The Bertz CT molecular complexity index is 1090. The number of rotatable bonds is 9. The van der Waals surface area contributed by atoms with Gasteiger partial charge in [0.05, 0.1) is 19.3 Å². The molecule has 1 saturated heterocycles. The lowest BCUT2D eigenvalue weighted by atomic mass is 10.0. The number of carbonyl (C=O) groups excluding carboxylic acids is 1. The molecule has 3 aromatic rings. The molecular formula is C26H31N5O2. The molecule has 1 atom stereocenters. The van der Waals surface area contributed by atoms with Crippen molar-refractivity contribution in [3.05, 3.63) is 83.3 Å². The van der Waals surface area contributed by atoms with E-state index in [-0.39, 0.29) is 11.8 Å². The summed E-state index contributed by atoms with van der Waals surface area (Å²) < 4.78 is 5.33. The van der Waals surface area contributed by atoms with Crippen LogP contribution in [0.4, 0.5) is 5.82 Å². The number of hydrogen-bond acceptors (Lipinski definition) is 6. The molecule has 0 spiro atoms. The molecule has 1 N–H and O–H groups in total. The standard InChI is InChI=1S/C26H31N5O2/c1-27-24-14-23(21-13-26(32)31(17-21)16-19-8-5-4-6-9-19)28-25(29-24)18-30(2)15-20-10-7-11-22(12-20)33-3/h4-12,14,21H,13,15-18H2,1-3H3,(H,27,28,29)/t21-/m1/s1. The molecule has 2 heterocycles. The normalized spacial score (nSPS) is 15.8. The van der Waals surface area contributed by atoms with Crippen LogP contribution in [0.5, 0.6) is 5.75 Å². The summed E-state index contributed by atoms with van der Waals surface area (Å²) in [6, 6.07) is 20.1. The van der Waals surface area contributed by atoms with Crippen molar-refractivity contribution in [3.63, 3.8) is 0 Å². The maximum Gasteiger partial charge on any atom is 0.223 e. The molecule has 33 heavy (non-hydrogen) atoms. The van der Waals surface area contributed by atoms with Gasteiger partial charge in [-0.15, -0.1) is 0 Å². The summed E-state index contributed by atoms with van der Waals surface area (Å²) in [5.74, 6) is 2.61. The fourth-order valence-electron chi connectivity index (χ4n) is 4.23. The van der Waals surface area contributed by atoms with Crippen molar-refractivity contribution in [2.75, 3.05) is 33.1 Å². The van der Waals surface area contributed by atoms with Gasteiger partial charge in [0, 0.05) is 45.1 Å². The molecule has 1 aliphatic rings. The zero-order chi connectivity index (χ0) is 23.2. The Morgan fingerprint density at radius 2 is 1.85 bits per heavy atom. The van der Waals surface area contributed by atoms with E-state index in [0.717, 1.165) is 35.2 Å². The largest absolute Gasteiger partial charge is 0.497 e. The Kier molecular flexibility index (Phi) is 7.19. The van der Waals surface area contributed by atoms with E-state index < -0.39 is 0 Å². The SMILES string of the molecule is CNc1cc([C@@H]2CC(=O)N(Cc3ccccc3)C2)nc(CN(C)Cc2cccc(OC)c2)n1. The van der Waals surface area contributed by atoms with Crippen LogP contribution in [0.1, 0.15) is 35.0 Å². The second-order valence-electron chi connectivity index (χ2n) is 8.53. The molecule has 1 aliphatic heterocycles. The van der Waals surface area contributed by atoms with Crippen LogP contribution in [0.2, 0.25) is 0 Å². The number of hydrogen-bond donors (Lipinski definition) is 1. The third kappa shape index (κ3) is 5.87. The molecule has 1 amide bonds. The van der Waals surface area contributed by atoms with E-state index in [1.165, 1.54) is 5.56 Å². The number of amides is 1. The van der Waals surface area contributed by atoms with Gasteiger partial charge >= 0.3 is 0 Å². The molecule has 4 rings (SSSR count). The Hall–Kier alpha value is -3.45. The lowest BCUT2D eigenvalue weighted by molar-refractivity contribution is -0.128. The fourth-order valence-corrected chi connectivity index (χ4v) is 4.23. The molecule has 172 valence electrons. The second-order valence-corrected chi connectivity index (χ2v) is 8.53. The van der Waals surface area contributed by atoms with Crippen molar-refractivity contribution < 1.29 is 9.53 Å². The van der Waals surface area contributed by atoms with Gasteiger partial charge in [0.2, 0.25) is 5.91 Å². The lowest BCUT2D eigenvalue weighted by Gasteiger charge is -2.19. The number of nitrogens with zero attached hydrogens (tertiary/aromatic N) is 4. The molecule has 1 aromatic heterocycles. The number of likely N-dealkylation sites (tertiary alicyclic amines) is 1. The number of ether oxygens (including phenoxy) is 1. The maximum atomic E-state index is 12.7. The van der Waals surface area contributed by atoms with Gasteiger partial charge < -0.3 is 15.0 Å². The third-order valence-electron chi connectivity index (χ3n) is 5.90. The summed E-state index contributed by atoms with van der Waals surface area (Å²) in [7, 11) is 5.59. The summed E-state index contributed by atoms with van der Waals surface area (Å²) in [5.41, 5.74) is 3.23. The first-order valence-corrected chi connectivity index (χ1v) is 11.2.